The van der Waals surface area contributed by atoms with Crippen LogP contribution in [0.3, 0.4) is 0 Å². The Balaban J connectivity index is 2.05. The Bertz CT molecular complexity index is 658. The van der Waals surface area contributed by atoms with E-state index in [4.69, 9.17) is 46.4 Å². The van der Waals surface area contributed by atoms with Gasteiger partial charge in [0.25, 0.3) is 0 Å². The van der Waals surface area contributed by atoms with Crippen LogP contribution in [0.1, 0.15) is 37.2 Å². The largest absolute Gasteiger partial charge is 0.216 e. The molecule has 1 heterocycles. The Labute approximate surface area is 143 Å². The van der Waals surface area contributed by atoms with Crippen LogP contribution in [0, 0.1) is 0 Å². The molecular formula is C15H12Cl4N2. The van der Waals surface area contributed by atoms with E-state index in [9.17, 15) is 0 Å². The van der Waals surface area contributed by atoms with E-state index in [0.29, 0.717) is 37.7 Å². The lowest BCUT2D eigenvalue weighted by atomic mass is 10.0. The van der Waals surface area contributed by atoms with E-state index < -0.39 is 0 Å². The van der Waals surface area contributed by atoms with Crippen molar-refractivity contribution in [2.45, 2.75) is 31.6 Å². The summed E-state index contributed by atoms with van der Waals surface area (Å²) in [5, 5.41) is 1.87. The molecule has 0 N–H and O–H groups in total. The highest BCUT2D eigenvalue weighted by Crippen LogP contribution is 2.41. The molecular weight excluding hydrogens is 350 g/mol. The van der Waals surface area contributed by atoms with Gasteiger partial charge in [-0.25, -0.2) is 9.97 Å². The van der Waals surface area contributed by atoms with Crippen LogP contribution in [-0.2, 0) is 0 Å². The zero-order valence-corrected chi connectivity index (χ0v) is 14.1. The predicted octanol–water partition coefficient (Wildman–Crippen LogP) is 6.41. The topological polar surface area (TPSA) is 25.8 Å². The molecule has 0 bridgehead atoms. The van der Waals surface area contributed by atoms with Gasteiger partial charge >= 0.3 is 0 Å². The molecule has 110 valence electrons. The molecule has 0 radical (unpaired) electrons. The number of hydrogen-bond acceptors (Lipinski definition) is 2. The normalized spacial score (nSPS) is 15.6. The third kappa shape index (κ3) is 3.14. The number of halogens is 4. The van der Waals surface area contributed by atoms with Crippen molar-refractivity contribution in [3.63, 3.8) is 0 Å². The average molecular weight is 362 g/mol. The second-order valence-corrected chi connectivity index (χ2v) is 6.71. The molecule has 1 aliphatic carbocycles. The fourth-order valence-corrected chi connectivity index (χ4v) is 3.95. The molecule has 2 aromatic rings. The summed E-state index contributed by atoms with van der Waals surface area (Å²) in [6.07, 6.45) is 4.57. The molecule has 0 aliphatic heterocycles. The Hall–Kier alpha value is -0.540. The molecule has 1 aromatic carbocycles. The summed E-state index contributed by atoms with van der Waals surface area (Å²) < 4.78 is 0. The third-order valence-electron chi connectivity index (χ3n) is 3.79. The number of benzene rings is 1. The van der Waals surface area contributed by atoms with Crippen LogP contribution in [0.4, 0.5) is 0 Å². The minimum absolute atomic E-state index is 0.361. The molecule has 6 heteroatoms. The van der Waals surface area contributed by atoms with Gasteiger partial charge in [-0.3, -0.25) is 0 Å². The summed E-state index contributed by atoms with van der Waals surface area (Å²) in [4.78, 5) is 8.76. The van der Waals surface area contributed by atoms with E-state index in [2.05, 4.69) is 9.97 Å². The first-order valence-corrected chi connectivity index (χ1v) is 8.26. The maximum absolute atomic E-state index is 6.34. The van der Waals surface area contributed by atoms with Crippen molar-refractivity contribution in [1.82, 2.24) is 9.97 Å². The first-order chi connectivity index (χ1) is 10.1. The lowest BCUT2D eigenvalue weighted by Crippen LogP contribution is -2.01. The van der Waals surface area contributed by atoms with Gasteiger partial charge in [0.15, 0.2) is 5.82 Å². The molecule has 1 aromatic heterocycles. The van der Waals surface area contributed by atoms with Gasteiger partial charge in [-0.1, -0.05) is 59.2 Å². The second-order valence-electron chi connectivity index (χ2n) is 5.15. The average Bonchev–Trinajstić information content (AvgIpc) is 2.91. The third-order valence-corrected chi connectivity index (χ3v) is 4.91. The highest BCUT2D eigenvalue weighted by molar-refractivity contribution is 6.37. The van der Waals surface area contributed by atoms with Crippen molar-refractivity contribution >= 4 is 46.4 Å². The van der Waals surface area contributed by atoms with Crippen LogP contribution in [0.2, 0.25) is 20.4 Å². The van der Waals surface area contributed by atoms with Gasteiger partial charge in [0, 0.05) is 16.1 Å². The van der Waals surface area contributed by atoms with Crippen LogP contribution in [-0.4, -0.2) is 9.97 Å². The summed E-state index contributed by atoms with van der Waals surface area (Å²) in [6.45, 7) is 0. The van der Waals surface area contributed by atoms with Crippen molar-refractivity contribution < 1.29 is 0 Å². The first kappa shape index (κ1) is 15.4. The smallest absolute Gasteiger partial charge is 0.164 e. The fraction of sp³-hybridized carbons (Fsp3) is 0.333. The molecule has 2 nitrogen and oxygen atoms in total. The zero-order chi connectivity index (χ0) is 15.0. The fourth-order valence-electron chi connectivity index (χ4n) is 2.76. The lowest BCUT2D eigenvalue weighted by Gasteiger charge is -2.14. The van der Waals surface area contributed by atoms with Crippen molar-refractivity contribution in [2.75, 3.05) is 0 Å². The highest BCUT2D eigenvalue weighted by Gasteiger charge is 2.25. The Kier molecular flexibility index (Phi) is 4.60. The van der Waals surface area contributed by atoms with Crippen LogP contribution in [0.15, 0.2) is 18.2 Å². The van der Waals surface area contributed by atoms with Gasteiger partial charge in [0.1, 0.15) is 10.3 Å². The second kappa shape index (κ2) is 6.29. The Morgan fingerprint density at radius 2 is 1.52 bits per heavy atom. The minimum atomic E-state index is 0.361. The zero-order valence-electron chi connectivity index (χ0n) is 11.0. The van der Waals surface area contributed by atoms with Crippen molar-refractivity contribution in [1.29, 1.82) is 0 Å². The summed E-state index contributed by atoms with van der Waals surface area (Å²) >= 11 is 24.8. The van der Waals surface area contributed by atoms with E-state index >= 15 is 0 Å². The molecule has 0 unspecified atom stereocenters. The maximum Gasteiger partial charge on any atom is 0.164 e. The number of aromatic nitrogens is 2. The predicted molar refractivity (Wildman–Crippen MR) is 88.7 cm³/mol. The molecule has 3 rings (SSSR count). The highest BCUT2D eigenvalue weighted by atomic mass is 35.5. The molecule has 21 heavy (non-hydrogen) atoms. The van der Waals surface area contributed by atoms with Crippen molar-refractivity contribution in [3.8, 4) is 11.4 Å². The van der Waals surface area contributed by atoms with E-state index in [1.807, 2.05) is 0 Å². The van der Waals surface area contributed by atoms with E-state index in [-0.39, 0.29) is 0 Å². The summed E-state index contributed by atoms with van der Waals surface area (Å²) in [7, 11) is 0. The van der Waals surface area contributed by atoms with Gasteiger partial charge in [0.05, 0.1) is 5.02 Å². The molecule has 0 atom stereocenters. The van der Waals surface area contributed by atoms with Crippen LogP contribution < -0.4 is 0 Å². The monoisotopic (exact) mass is 360 g/mol. The van der Waals surface area contributed by atoms with Crippen molar-refractivity contribution in [2.24, 2.45) is 0 Å². The number of nitrogens with zero attached hydrogens (tertiary/aromatic N) is 2. The van der Waals surface area contributed by atoms with Gasteiger partial charge in [-0.15, -0.1) is 0 Å². The first-order valence-electron chi connectivity index (χ1n) is 6.74. The van der Waals surface area contributed by atoms with Crippen LogP contribution >= 0.6 is 46.4 Å². The molecule has 1 saturated carbocycles. The minimum Gasteiger partial charge on any atom is -0.216 e. The lowest BCUT2D eigenvalue weighted by molar-refractivity contribution is 0.715. The summed E-state index contributed by atoms with van der Waals surface area (Å²) in [5.74, 6) is 0.785. The standard InChI is InChI=1S/C15H12Cl4N2/c16-9-5-6-10(11(17)7-9)15-20-13(18)12(14(19)21-15)8-3-1-2-4-8/h5-8H,1-4H2. The van der Waals surface area contributed by atoms with Crippen LogP contribution in [0.25, 0.3) is 11.4 Å². The van der Waals surface area contributed by atoms with Crippen molar-refractivity contribution in [3.05, 3.63) is 44.1 Å². The van der Waals surface area contributed by atoms with Gasteiger partial charge in [0.2, 0.25) is 0 Å². The molecule has 0 spiro atoms. The van der Waals surface area contributed by atoms with Gasteiger partial charge in [-0.2, -0.15) is 0 Å². The molecule has 1 fully saturated rings. The maximum atomic E-state index is 6.34. The van der Waals surface area contributed by atoms with E-state index in [0.717, 1.165) is 18.4 Å². The summed E-state index contributed by atoms with van der Waals surface area (Å²) in [6, 6.07) is 5.15. The Morgan fingerprint density at radius 1 is 0.905 bits per heavy atom. The van der Waals surface area contributed by atoms with Gasteiger partial charge < -0.3 is 0 Å². The SMILES string of the molecule is Clc1ccc(-c2nc(Cl)c(C3CCCC3)c(Cl)n2)c(Cl)c1. The summed E-state index contributed by atoms with van der Waals surface area (Å²) in [5.41, 5.74) is 1.53. The number of hydrogen-bond donors (Lipinski definition) is 0. The molecule has 0 amide bonds. The van der Waals surface area contributed by atoms with E-state index in [1.54, 1.807) is 18.2 Å². The molecule has 1 aliphatic rings. The molecule has 0 saturated heterocycles. The number of rotatable bonds is 2. The Morgan fingerprint density at radius 3 is 2.10 bits per heavy atom. The van der Waals surface area contributed by atoms with Crippen LogP contribution in [0.5, 0.6) is 0 Å². The van der Waals surface area contributed by atoms with Gasteiger partial charge in [-0.05, 0) is 37.0 Å². The quantitative estimate of drug-likeness (QED) is 0.577. The van der Waals surface area contributed by atoms with E-state index in [1.165, 1.54) is 12.8 Å².